The van der Waals surface area contributed by atoms with Gasteiger partial charge in [0.15, 0.2) is 0 Å². The first-order valence-corrected chi connectivity index (χ1v) is 8.54. The summed E-state index contributed by atoms with van der Waals surface area (Å²) in [5.74, 6) is 0.377. The highest BCUT2D eigenvalue weighted by Gasteiger charge is 2.43. The number of fused-ring (bicyclic) bond motifs is 2. The van der Waals surface area contributed by atoms with Crippen molar-refractivity contribution in [2.75, 3.05) is 19.6 Å². The van der Waals surface area contributed by atoms with Crippen molar-refractivity contribution in [2.45, 2.75) is 70.0 Å². The molecule has 5 nitrogen and oxygen atoms in total. The van der Waals surface area contributed by atoms with E-state index in [1.165, 1.54) is 0 Å². The smallest absolute Gasteiger partial charge is 0.245 e. The summed E-state index contributed by atoms with van der Waals surface area (Å²) >= 11 is 0. The number of amides is 2. The fourth-order valence-electron chi connectivity index (χ4n) is 4.19. The number of rotatable bonds is 3. The molecule has 0 aliphatic carbocycles. The summed E-state index contributed by atoms with van der Waals surface area (Å²) in [6.45, 7) is 4.70. The molecule has 3 aliphatic heterocycles. The molecule has 2 amide bonds. The maximum Gasteiger partial charge on any atom is 0.245 e. The van der Waals surface area contributed by atoms with Gasteiger partial charge in [-0.2, -0.15) is 0 Å². The number of carbonyl (C=O) groups excluding carboxylic acids is 2. The van der Waals surface area contributed by atoms with E-state index < -0.39 is 0 Å². The number of hydrogen-bond acceptors (Lipinski definition) is 3. The van der Waals surface area contributed by atoms with Crippen molar-refractivity contribution >= 4 is 11.8 Å². The SMILES string of the molecule is CCCC(=O)N1CCCC1C(=O)N1C2CCNCC1CC2. The molecular formula is C16H27N3O2. The highest BCUT2D eigenvalue weighted by Crippen LogP contribution is 2.31. The summed E-state index contributed by atoms with van der Waals surface area (Å²) in [5, 5.41) is 3.43. The Kier molecular flexibility index (Phi) is 4.48. The summed E-state index contributed by atoms with van der Waals surface area (Å²) in [6.07, 6.45) is 6.53. The molecule has 0 radical (unpaired) electrons. The van der Waals surface area contributed by atoms with Crippen molar-refractivity contribution in [1.82, 2.24) is 15.1 Å². The Labute approximate surface area is 127 Å². The standard InChI is InChI=1S/C16H27N3O2/c1-2-4-15(20)18-10-3-5-14(18)16(21)19-12-6-7-13(19)11-17-9-8-12/h12-14,17H,2-11H2,1H3. The van der Waals surface area contributed by atoms with Crippen LogP contribution in [0.4, 0.5) is 0 Å². The quantitative estimate of drug-likeness (QED) is 0.849. The molecule has 3 fully saturated rings. The van der Waals surface area contributed by atoms with E-state index in [1.807, 2.05) is 11.8 Å². The van der Waals surface area contributed by atoms with Crippen LogP contribution in [0.25, 0.3) is 0 Å². The fraction of sp³-hybridized carbons (Fsp3) is 0.875. The van der Waals surface area contributed by atoms with Crippen molar-refractivity contribution in [3.63, 3.8) is 0 Å². The summed E-state index contributed by atoms with van der Waals surface area (Å²) < 4.78 is 0. The Hall–Kier alpha value is -1.10. The van der Waals surface area contributed by atoms with Crippen molar-refractivity contribution in [2.24, 2.45) is 0 Å². The third-order valence-corrected chi connectivity index (χ3v) is 5.23. The molecule has 1 N–H and O–H groups in total. The third kappa shape index (κ3) is 2.80. The number of nitrogens with one attached hydrogen (secondary N) is 1. The van der Waals surface area contributed by atoms with E-state index in [2.05, 4.69) is 10.2 Å². The molecule has 0 aromatic heterocycles. The molecule has 5 heteroatoms. The van der Waals surface area contributed by atoms with Gasteiger partial charge in [-0.25, -0.2) is 0 Å². The maximum atomic E-state index is 13.0. The summed E-state index contributed by atoms with van der Waals surface area (Å²) in [5.41, 5.74) is 0. The molecule has 3 saturated heterocycles. The van der Waals surface area contributed by atoms with Gasteiger partial charge in [-0.1, -0.05) is 6.92 Å². The van der Waals surface area contributed by atoms with Crippen LogP contribution >= 0.6 is 0 Å². The monoisotopic (exact) mass is 293 g/mol. The molecular weight excluding hydrogens is 266 g/mol. The number of nitrogens with zero attached hydrogens (tertiary/aromatic N) is 2. The first kappa shape index (κ1) is 14.8. The Morgan fingerprint density at radius 1 is 1.14 bits per heavy atom. The Morgan fingerprint density at radius 3 is 2.76 bits per heavy atom. The lowest BCUT2D eigenvalue weighted by atomic mass is 10.1. The second kappa shape index (κ2) is 6.34. The minimum absolute atomic E-state index is 0.161. The predicted molar refractivity (Wildman–Crippen MR) is 80.8 cm³/mol. The average molecular weight is 293 g/mol. The Bertz CT molecular complexity index is 398. The fourth-order valence-corrected chi connectivity index (χ4v) is 4.19. The first-order chi connectivity index (χ1) is 10.2. The van der Waals surface area contributed by atoms with Crippen LogP contribution in [-0.2, 0) is 9.59 Å². The normalized spacial score (nSPS) is 32.3. The Balaban J connectivity index is 1.73. The van der Waals surface area contributed by atoms with Gasteiger partial charge >= 0.3 is 0 Å². The highest BCUT2D eigenvalue weighted by molar-refractivity contribution is 5.88. The van der Waals surface area contributed by atoms with Crippen LogP contribution in [0.1, 0.15) is 51.9 Å². The van der Waals surface area contributed by atoms with Crippen LogP contribution in [0.5, 0.6) is 0 Å². The molecule has 3 rings (SSSR count). The lowest BCUT2D eigenvalue weighted by Crippen LogP contribution is -2.52. The van der Waals surface area contributed by atoms with E-state index in [0.717, 1.165) is 58.2 Å². The largest absolute Gasteiger partial charge is 0.334 e. The molecule has 3 atom stereocenters. The summed E-state index contributed by atoms with van der Waals surface area (Å²) in [4.78, 5) is 29.2. The lowest BCUT2D eigenvalue weighted by Gasteiger charge is -2.33. The van der Waals surface area contributed by atoms with Gasteiger partial charge in [-0.3, -0.25) is 9.59 Å². The second-order valence-electron chi connectivity index (χ2n) is 6.62. The van der Waals surface area contributed by atoms with Gasteiger partial charge in [0, 0.05) is 31.6 Å². The van der Waals surface area contributed by atoms with Gasteiger partial charge in [0.25, 0.3) is 0 Å². The van der Waals surface area contributed by atoms with Crippen molar-refractivity contribution in [3.05, 3.63) is 0 Å². The summed E-state index contributed by atoms with van der Waals surface area (Å²) in [6, 6.07) is 0.542. The molecule has 0 spiro atoms. The minimum atomic E-state index is -0.190. The number of carbonyl (C=O) groups is 2. The molecule has 2 bridgehead atoms. The first-order valence-electron chi connectivity index (χ1n) is 8.54. The van der Waals surface area contributed by atoms with Crippen molar-refractivity contribution in [1.29, 1.82) is 0 Å². The molecule has 3 heterocycles. The van der Waals surface area contributed by atoms with Crippen molar-refractivity contribution in [3.8, 4) is 0 Å². The average Bonchev–Trinajstić information content (AvgIpc) is 3.02. The number of hydrogen-bond donors (Lipinski definition) is 1. The van der Waals surface area contributed by atoms with E-state index in [-0.39, 0.29) is 17.9 Å². The lowest BCUT2D eigenvalue weighted by molar-refractivity contribution is -0.145. The minimum Gasteiger partial charge on any atom is -0.334 e. The van der Waals surface area contributed by atoms with E-state index in [1.54, 1.807) is 0 Å². The molecule has 118 valence electrons. The molecule has 0 aromatic rings. The maximum absolute atomic E-state index is 13.0. The Morgan fingerprint density at radius 2 is 1.95 bits per heavy atom. The van der Waals surface area contributed by atoms with E-state index in [0.29, 0.717) is 18.5 Å². The van der Waals surface area contributed by atoms with E-state index in [4.69, 9.17) is 0 Å². The molecule has 3 aliphatic rings. The topological polar surface area (TPSA) is 52.7 Å². The zero-order valence-electron chi connectivity index (χ0n) is 13.0. The molecule has 0 aromatic carbocycles. The van der Waals surface area contributed by atoms with Crippen LogP contribution in [0.3, 0.4) is 0 Å². The van der Waals surface area contributed by atoms with Crippen LogP contribution in [-0.4, -0.2) is 59.4 Å². The van der Waals surface area contributed by atoms with Crippen LogP contribution in [0, 0.1) is 0 Å². The zero-order chi connectivity index (χ0) is 14.8. The van der Waals surface area contributed by atoms with Gasteiger partial charge in [-0.15, -0.1) is 0 Å². The van der Waals surface area contributed by atoms with Crippen LogP contribution < -0.4 is 5.32 Å². The van der Waals surface area contributed by atoms with E-state index >= 15 is 0 Å². The van der Waals surface area contributed by atoms with Crippen LogP contribution in [0.2, 0.25) is 0 Å². The second-order valence-corrected chi connectivity index (χ2v) is 6.62. The van der Waals surface area contributed by atoms with Gasteiger partial charge < -0.3 is 15.1 Å². The van der Waals surface area contributed by atoms with Gasteiger partial charge in [-0.05, 0) is 45.1 Å². The molecule has 21 heavy (non-hydrogen) atoms. The predicted octanol–water partition coefficient (Wildman–Crippen LogP) is 1.13. The van der Waals surface area contributed by atoms with Gasteiger partial charge in [0.2, 0.25) is 11.8 Å². The third-order valence-electron chi connectivity index (χ3n) is 5.23. The van der Waals surface area contributed by atoms with Gasteiger partial charge in [0.1, 0.15) is 6.04 Å². The number of likely N-dealkylation sites (tertiary alicyclic amines) is 1. The molecule has 3 unspecified atom stereocenters. The highest BCUT2D eigenvalue weighted by atomic mass is 16.2. The zero-order valence-corrected chi connectivity index (χ0v) is 13.0. The van der Waals surface area contributed by atoms with Gasteiger partial charge in [0.05, 0.1) is 0 Å². The van der Waals surface area contributed by atoms with Crippen molar-refractivity contribution < 1.29 is 9.59 Å². The van der Waals surface area contributed by atoms with Crippen LogP contribution in [0.15, 0.2) is 0 Å². The summed E-state index contributed by atoms with van der Waals surface area (Å²) in [7, 11) is 0. The van der Waals surface area contributed by atoms with E-state index in [9.17, 15) is 9.59 Å². The molecule has 0 saturated carbocycles.